The highest BCUT2D eigenvalue weighted by molar-refractivity contribution is 5.67. The lowest BCUT2D eigenvalue weighted by atomic mass is 10.1. The zero-order chi connectivity index (χ0) is 14.1. The van der Waals surface area contributed by atoms with Crippen LogP contribution >= 0.6 is 0 Å². The number of aromatic nitrogens is 4. The Balaban J connectivity index is 2.05. The quantitative estimate of drug-likeness (QED) is 0.732. The van der Waals surface area contributed by atoms with E-state index in [2.05, 4.69) is 20.4 Å². The molecule has 0 saturated carbocycles. The molecule has 0 aliphatic rings. The Morgan fingerprint density at radius 3 is 2.55 bits per heavy atom. The Labute approximate surface area is 111 Å². The van der Waals surface area contributed by atoms with E-state index in [0.717, 1.165) is 12.1 Å². The van der Waals surface area contributed by atoms with Gasteiger partial charge in [0.05, 0.1) is 23.8 Å². The molecule has 20 heavy (non-hydrogen) atoms. The molecule has 0 atom stereocenters. The molecule has 3 rings (SSSR count). The summed E-state index contributed by atoms with van der Waals surface area (Å²) in [6.45, 7) is 0. The standard InChI is InChI=1S/C13H7F3N4/c14-9-2-1-8(12(15)13(9)16)11-5-10(19-20-11)7-3-4-17-18-6-7/h1-6H,(H,19,20). The molecule has 100 valence electrons. The van der Waals surface area contributed by atoms with Gasteiger partial charge in [-0.05, 0) is 24.3 Å². The van der Waals surface area contributed by atoms with Gasteiger partial charge < -0.3 is 0 Å². The van der Waals surface area contributed by atoms with Gasteiger partial charge in [0.2, 0.25) is 0 Å². The van der Waals surface area contributed by atoms with Gasteiger partial charge in [-0.1, -0.05) is 0 Å². The molecule has 0 aliphatic heterocycles. The fourth-order valence-corrected chi connectivity index (χ4v) is 1.78. The Morgan fingerprint density at radius 1 is 0.950 bits per heavy atom. The van der Waals surface area contributed by atoms with Crippen LogP contribution in [0.15, 0.2) is 36.7 Å². The van der Waals surface area contributed by atoms with Gasteiger partial charge >= 0.3 is 0 Å². The maximum atomic E-state index is 13.7. The van der Waals surface area contributed by atoms with Crippen molar-refractivity contribution in [2.75, 3.05) is 0 Å². The summed E-state index contributed by atoms with van der Waals surface area (Å²) >= 11 is 0. The van der Waals surface area contributed by atoms with Gasteiger partial charge in [-0.25, -0.2) is 13.2 Å². The summed E-state index contributed by atoms with van der Waals surface area (Å²) < 4.78 is 39.8. The molecule has 0 saturated heterocycles. The van der Waals surface area contributed by atoms with Crippen molar-refractivity contribution in [1.29, 1.82) is 0 Å². The molecule has 0 bridgehead atoms. The van der Waals surface area contributed by atoms with Crippen molar-refractivity contribution in [1.82, 2.24) is 20.4 Å². The van der Waals surface area contributed by atoms with Crippen LogP contribution in [0.4, 0.5) is 13.2 Å². The smallest absolute Gasteiger partial charge is 0.195 e. The molecule has 1 aromatic carbocycles. The highest BCUT2D eigenvalue weighted by Crippen LogP contribution is 2.27. The average Bonchev–Trinajstić information content (AvgIpc) is 2.95. The SMILES string of the molecule is Fc1ccc(-c2cc(-c3ccnnc3)n[nH]2)c(F)c1F. The molecule has 2 aromatic heterocycles. The van der Waals surface area contributed by atoms with E-state index in [0.29, 0.717) is 11.3 Å². The highest BCUT2D eigenvalue weighted by atomic mass is 19.2. The molecule has 0 amide bonds. The van der Waals surface area contributed by atoms with Crippen LogP contribution in [0.5, 0.6) is 0 Å². The fourth-order valence-electron chi connectivity index (χ4n) is 1.78. The first kappa shape index (κ1) is 12.3. The van der Waals surface area contributed by atoms with Crippen molar-refractivity contribution in [3.05, 3.63) is 54.1 Å². The molecular weight excluding hydrogens is 269 g/mol. The van der Waals surface area contributed by atoms with Gasteiger partial charge in [0.1, 0.15) is 0 Å². The summed E-state index contributed by atoms with van der Waals surface area (Å²) in [7, 11) is 0. The minimum absolute atomic E-state index is 0.0929. The van der Waals surface area contributed by atoms with Crippen LogP contribution in [0.2, 0.25) is 0 Å². The molecule has 0 unspecified atom stereocenters. The van der Waals surface area contributed by atoms with Crippen LogP contribution in [0.3, 0.4) is 0 Å². The number of H-pyrrole nitrogens is 1. The Morgan fingerprint density at radius 2 is 1.80 bits per heavy atom. The average molecular weight is 276 g/mol. The molecule has 7 heteroatoms. The summed E-state index contributed by atoms with van der Waals surface area (Å²) in [5.74, 6) is -4.00. The van der Waals surface area contributed by atoms with Crippen molar-refractivity contribution in [2.45, 2.75) is 0 Å². The van der Waals surface area contributed by atoms with E-state index in [1.807, 2.05) is 0 Å². The molecule has 4 nitrogen and oxygen atoms in total. The van der Waals surface area contributed by atoms with Gasteiger partial charge in [-0.15, -0.1) is 0 Å². The molecule has 0 radical (unpaired) electrons. The van der Waals surface area contributed by atoms with Crippen LogP contribution in [0, 0.1) is 17.5 Å². The summed E-state index contributed by atoms with van der Waals surface area (Å²) in [6, 6.07) is 5.21. The predicted octanol–water partition coefficient (Wildman–Crippen LogP) is 2.95. The molecule has 2 heterocycles. The van der Waals surface area contributed by atoms with Crippen LogP contribution in [-0.2, 0) is 0 Å². The number of halogens is 3. The van der Waals surface area contributed by atoms with E-state index in [1.165, 1.54) is 18.5 Å². The third kappa shape index (κ3) is 2.03. The number of benzene rings is 1. The number of nitrogens with zero attached hydrogens (tertiary/aromatic N) is 3. The number of aromatic amines is 1. The number of hydrogen-bond acceptors (Lipinski definition) is 3. The monoisotopic (exact) mass is 276 g/mol. The van der Waals surface area contributed by atoms with Crippen molar-refractivity contribution in [3.8, 4) is 22.5 Å². The number of rotatable bonds is 2. The second-order valence-electron chi connectivity index (χ2n) is 4.02. The Kier molecular flexibility index (Phi) is 2.94. The topological polar surface area (TPSA) is 54.5 Å². The fraction of sp³-hybridized carbons (Fsp3) is 0. The highest BCUT2D eigenvalue weighted by Gasteiger charge is 2.16. The summed E-state index contributed by atoms with van der Waals surface area (Å²) in [5.41, 5.74) is 1.32. The lowest BCUT2D eigenvalue weighted by Crippen LogP contribution is -1.93. The minimum Gasteiger partial charge on any atom is -0.277 e. The second-order valence-corrected chi connectivity index (χ2v) is 4.02. The normalized spacial score (nSPS) is 10.8. The van der Waals surface area contributed by atoms with Crippen molar-refractivity contribution in [3.63, 3.8) is 0 Å². The van der Waals surface area contributed by atoms with Gasteiger partial charge in [-0.2, -0.15) is 15.3 Å². The van der Waals surface area contributed by atoms with E-state index in [9.17, 15) is 13.2 Å². The third-order valence-corrected chi connectivity index (χ3v) is 2.78. The number of nitrogens with one attached hydrogen (secondary N) is 1. The lowest BCUT2D eigenvalue weighted by molar-refractivity contribution is 0.449. The van der Waals surface area contributed by atoms with Crippen LogP contribution < -0.4 is 0 Å². The largest absolute Gasteiger partial charge is 0.277 e. The Hall–Kier alpha value is -2.70. The summed E-state index contributed by atoms with van der Waals surface area (Å²) in [6.07, 6.45) is 2.98. The lowest BCUT2D eigenvalue weighted by Gasteiger charge is -2.01. The molecule has 0 spiro atoms. The summed E-state index contributed by atoms with van der Waals surface area (Å²) in [4.78, 5) is 0. The molecule has 3 aromatic rings. The maximum absolute atomic E-state index is 13.7. The number of hydrogen-bond donors (Lipinski definition) is 1. The van der Waals surface area contributed by atoms with E-state index in [4.69, 9.17) is 0 Å². The van der Waals surface area contributed by atoms with E-state index < -0.39 is 17.5 Å². The van der Waals surface area contributed by atoms with E-state index in [1.54, 1.807) is 6.07 Å². The van der Waals surface area contributed by atoms with Gasteiger partial charge in [0, 0.05) is 11.1 Å². The molecular formula is C13H7F3N4. The maximum Gasteiger partial charge on any atom is 0.195 e. The van der Waals surface area contributed by atoms with E-state index >= 15 is 0 Å². The van der Waals surface area contributed by atoms with E-state index in [-0.39, 0.29) is 11.3 Å². The molecule has 1 N–H and O–H groups in total. The Bertz CT molecular complexity index is 756. The third-order valence-electron chi connectivity index (χ3n) is 2.78. The van der Waals surface area contributed by atoms with Crippen LogP contribution in [0.1, 0.15) is 0 Å². The van der Waals surface area contributed by atoms with Crippen molar-refractivity contribution >= 4 is 0 Å². The zero-order valence-corrected chi connectivity index (χ0v) is 9.94. The van der Waals surface area contributed by atoms with Crippen LogP contribution in [-0.4, -0.2) is 20.4 Å². The second kappa shape index (κ2) is 4.76. The molecule has 0 aliphatic carbocycles. The first-order valence-electron chi connectivity index (χ1n) is 5.63. The summed E-state index contributed by atoms with van der Waals surface area (Å²) in [5, 5.41) is 13.9. The molecule has 0 fully saturated rings. The zero-order valence-electron chi connectivity index (χ0n) is 9.94. The van der Waals surface area contributed by atoms with Gasteiger partial charge in [0.25, 0.3) is 0 Å². The first-order valence-corrected chi connectivity index (χ1v) is 5.63. The van der Waals surface area contributed by atoms with Crippen molar-refractivity contribution in [2.24, 2.45) is 0 Å². The van der Waals surface area contributed by atoms with Gasteiger partial charge in [0.15, 0.2) is 17.5 Å². The predicted molar refractivity (Wildman–Crippen MR) is 64.9 cm³/mol. The van der Waals surface area contributed by atoms with Crippen molar-refractivity contribution < 1.29 is 13.2 Å². The van der Waals surface area contributed by atoms with Crippen LogP contribution in [0.25, 0.3) is 22.5 Å². The minimum atomic E-state index is -1.51. The van der Waals surface area contributed by atoms with Gasteiger partial charge in [-0.3, -0.25) is 5.10 Å². The first-order chi connectivity index (χ1) is 9.66.